The molecule has 3 rings (SSSR count). The predicted molar refractivity (Wildman–Crippen MR) is 82.1 cm³/mol. The largest absolute Gasteiger partial charge is 0.330 e. The molecule has 0 saturated heterocycles. The second kappa shape index (κ2) is 5.85. The Bertz CT molecular complexity index is 733. The van der Waals surface area contributed by atoms with Crippen molar-refractivity contribution in [2.45, 2.75) is 13.3 Å². The molecular formula is C16H17N5. The number of nitrogens with zero attached hydrogens (tertiary/aromatic N) is 4. The molecule has 0 spiro atoms. The van der Waals surface area contributed by atoms with Gasteiger partial charge in [0, 0.05) is 5.56 Å². The van der Waals surface area contributed by atoms with Gasteiger partial charge in [-0.2, -0.15) is 0 Å². The van der Waals surface area contributed by atoms with Crippen LogP contribution in [0.1, 0.15) is 11.1 Å². The molecular weight excluding hydrogens is 262 g/mol. The van der Waals surface area contributed by atoms with E-state index in [2.05, 4.69) is 33.6 Å². The fraction of sp³-hybridized carbons (Fsp3) is 0.188. The molecule has 2 N–H and O–H groups in total. The van der Waals surface area contributed by atoms with Gasteiger partial charge in [-0.1, -0.05) is 42.5 Å². The topological polar surface area (TPSA) is 69.6 Å². The highest BCUT2D eigenvalue weighted by Crippen LogP contribution is 2.17. The Morgan fingerprint density at radius 2 is 1.90 bits per heavy atom. The Morgan fingerprint density at radius 1 is 1.10 bits per heavy atom. The summed E-state index contributed by atoms with van der Waals surface area (Å²) < 4.78 is 0. The van der Waals surface area contributed by atoms with Crippen LogP contribution in [0.25, 0.3) is 17.1 Å². The minimum atomic E-state index is 0.624. The van der Waals surface area contributed by atoms with E-state index in [1.54, 1.807) is 4.80 Å². The first-order chi connectivity index (χ1) is 10.3. The Labute approximate surface area is 123 Å². The van der Waals surface area contributed by atoms with E-state index < -0.39 is 0 Å². The standard InChI is InChI=1S/C16H17N5/c1-12-7-8-13(9-10-17)11-15(12)21-19-16(18-20-21)14-5-3-2-4-6-14/h2-8,11H,9-10,17H2,1H3. The highest BCUT2D eigenvalue weighted by molar-refractivity contribution is 5.53. The second-order valence-corrected chi connectivity index (χ2v) is 4.93. The molecule has 0 amide bonds. The SMILES string of the molecule is Cc1ccc(CCN)cc1-n1nnc(-c2ccccc2)n1. The number of hydrogen-bond acceptors (Lipinski definition) is 4. The summed E-state index contributed by atoms with van der Waals surface area (Å²) in [6.45, 7) is 2.66. The van der Waals surface area contributed by atoms with E-state index >= 15 is 0 Å². The zero-order valence-electron chi connectivity index (χ0n) is 11.9. The van der Waals surface area contributed by atoms with Crippen LogP contribution in [0.2, 0.25) is 0 Å². The predicted octanol–water partition coefficient (Wildman–Crippen LogP) is 2.14. The molecule has 0 radical (unpaired) electrons. The maximum atomic E-state index is 5.62. The number of hydrogen-bond donors (Lipinski definition) is 1. The van der Waals surface area contributed by atoms with Gasteiger partial charge in [0.2, 0.25) is 5.82 Å². The molecule has 2 aromatic carbocycles. The van der Waals surface area contributed by atoms with Gasteiger partial charge >= 0.3 is 0 Å². The normalized spacial score (nSPS) is 10.8. The van der Waals surface area contributed by atoms with Gasteiger partial charge in [-0.15, -0.1) is 15.0 Å². The monoisotopic (exact) mass is 279 g/mol. The van der Waals surface area contributed by atoms with Crippen LogP contribution >= 0.6 is 0 Å². The van der Waals surface area contributed by atoms with Crippen molar-refractivity contribution >= 4 is 0 Å². The van der Waals surface area contributed by atoms with Crippen LogP contribution in [-0.2, 0) is 6.42 Å². The number of benzene rings is 2. The fourth-order valence-corrected chi connectivity index (χ4v) is 2.21. The summed E-state index contributed by atoms with van der Waals surface area (Å²) in [6, 6.07) is 16.0. The third-order valence-electron chi connectivity index (χ3n) is 3.37. The first-order valence-electron chi connectivity index (χ1n) is 6.93. The smallest absolute Gasteiger partial charge is 0.205 e. The summed E-state index contributed by atoms with van der Waals surface area (Å²) >= 11 is 0. The van der Waals surface area contributed by atoms with Crippen LogP contribution in [-0.4, -0.2) is 26.8 Å². The molecule has 5 heteroatoms. The molecule has 0 aliphatic carbocycles. The first-order valence-corrected chi connectivity index (χ1v) is 6.93. The van der Waals surface area contributed by atoms with Gasteiger partial charge in [0.15, 0.2) is 0 Å². The van der Waals surface area contributed by atoms with E-state index in [4.69, 9.17) is 5.73 Å². The van der Waals surface area contributed by atoms with E-state index in [0.29, 0.717) is 12.4 Å². The Morgan fingerprint density at radius 3 is 2.67 bits per heavy atom. The lowest BCUT2D eigenvalue weighted by Crippen LogP contribution is -2.06. The molecule has 0 unspecified atom stereocenters. The maximum Gasteiger partial charge on any atom is 0.205 e. The number of aryl methyl sites for hydroxylation is 1. The van der Waals surface area contributed by atoms with Gasteiger partial charge in [0.1, 0.15) is 0 Å². The van der Waals surface area contributed by atoms with Crippen molar-refractivity contribution in [2.75, 3.05) is 6.54 Å². The van der Waals surface area contributed by atoms with Crippen molar-refractivity contribution in [3.8, 4) is 17.1 Å². The molecule has 21 heavy (non-hydrogen) atoms. The van der Waals surface area contributed by atoms with Crippen molar-refractivity contribution in [2.24, 2.45) is 5.73 Å². The van der Waals surface area contributed by atoms with Gasteiger partial charge in [0.25, 0.3) is 0 Å². The van der Waals surface area contributed by atoms with E-state index in [0.717, 1.165) is 23.2 Å². The summed E-state index contributed by atoms with van der Waals surface area (Å²) in [4.78, 5) is 1.58. The van der Waals surface area contributed by atoms with Crippen molar-refractivity contribution in [1.29, 1.82) is 0 Å². The molecule has 0 atom stereocenters. The lowest BCUT2D eigenvalue weighted by atomic mass is 10.1. The van der Waals surface area contributed by atoms with Crippen LogP contribution in [0.5, 0.6) is 0 Å². The van der Waals surface area contributed by atoms with Gasteiger partial charge in [0.05, 0.1) is 5.69 Å². The maximum absolute atomic E-state index is 5.62. The van der Waals surface area contributed by atoms with Crippen LogP contribution in [0.4, 0.5) is 0 Å². The Balaban J connectivity index is 1.98. The van der Waals surface area contributed by atoms with Gasteiger partial charge in [-0.25, -0.2) is 0 Å². The Kier molecular flexibility index (Phi) is 3.75. The van der Waals surface area contributed by atoms with Crippen LogP contribution in [0.3, 0.4) is 0 Å². The molecule has 1 aromatic heterocycles. The molecule has 0 bridgehead atoms. The summed E-state index contributed by atoms with van der Waals surface area (Å²) in [6.07, 6.45) is 0.841. The third-order valence-corrected chi connectivity index (χ3v) is 3.37. The van der Waals surface area contributed by atoms with Crippen molar-refractivity contribution < 1.29 is 0 Å². The number of nitrogens with two attached hydrogens (primary N) is 1. The van der Waals surface area contributed by atoms with Crippen LogP contribution in [0.15, 0.2) is 48.5 Å². The van der Waals surface area contributed by atoms with Crippen molar-refractivity contribution in [1.82, 2.24) is 20.2 Å². The Hall–Kier alpha value is -2.53. The van der Waals surface area contributed by atoms with Gasteiger partial charge in [-0.3, -0.25) is 0 Å². The first kappa shape index (κ1) is 13.5. The van der Waals surface area contributed by atoms with E-state index in [-0.39, 0.29) is 0 Å². The summed E-state index contributed by atoms with van der Waals surface area (Å²) in [7, 11) is 0. The lowest BCUT2D eigenvalue weighted by Gasteiger charge is -2.06. The molecule has 106 valence electrons. The number of rotatable bonds is 4. The molecule has 3 aromatic rings. The average Bonchev–Trinajstić information content (AvgIpc) is 3.00. The summed E-state index contributed by atoms with van der Waals surface area (Å²) in [5, 5.41) is 12.8. The van der Waals surface area contributed by atoms with Gasteiger partial charge in [-0.05, 0) is 42.3 Å². The lowest BCUT2D eigenvalue weighted by molar-refractivity contribution is 0.714. The summed E-state index contributed by atoms with van der Waals surface area (Å²) in [5.74, 6) is 0.624. The fourth-order valence-electron chi connectivity index (χ4n) is 2.21. The highest BCUT2D eigenvalue weighted by Gasteiger charge is 2.09. The van der Waals surface area contributed by atoms with Crippen LogP contribution in [0, 0.1) is 6.92 Å². The second-order valence-electron chi connectivity index (χ2n) is 4.93. The highest BCUT2D eigenvalue weighted by atomic mass is 15.6. The zero-order valence-corrected chi connectivity index (χ0v) is 11.9. The van der Waals surface area contributed by atoms with Crippen LogP contribution < -0.4 is 5.73 Å². The minimum absolute atomic E-state index is 0.624. The molecule has 0 saturated carbocycles. The zero-order chi connectivity index (χ0) is 14.7. The van der Waals surface area contributed by atoms with E-state index in [1.807, 2.05) is 37.3 Å². The third kappa shape index (κ3) is 2.83. The van der Waals surface area contributed by atoms with Gasteiger partial charge < -0.3 is 5.73 Å². The molecule has 0 fully saturated rings. The number of tetrazole rings is 1. The average molecular weight is 279 g/mol. The molecule has 0 aliphatic heterocycles. The van der Waals surface area contributed by atoms with Crippen molar-refractivity contribution in [3.63, 3.8) is 0 Å². The molecule has 1 heterocycles. The molecule has 5 nitrogen and oxygen atoms in total. The minimum Gasteiger partial charge on any atom is -0.330 e. The van der Waals surface area contributed by atoms with E-state index in [9.17, 15) is 0 Å². The van der Waals surface area contributed by atoms with E-state index in [1.165, 1.54) is 5.56 Å². The number of aromatic nitrogens is 4. The van der Waals surface area contributed by atoms with Crippen molar-refractivity contribution in [3.05, 3.63) is 59.7 Å². The molecule has 0 aliphatic rings. The summed E-state index contributed by atoms with van der Waals surface area (Å²) in [5.41, 5.74) is 9.80. The quantitative estimate of drug-likeness (QED) is 0.794.